The highest BCUT2D eigenvalue weighted by Crippen LogP contribution is 2.44. The molecule has 0 radical (unpaired) electrons. The zero-order valence-corrected chi connectivity index (χ0v) is 11.0. The van der Waals surface area contributed by atoms with Crippen LogP contribution < -0.4 is 16.4 Å². The van der Waals surface area contributed by atoms with Crippen LogP contribution in [0, 0.1) is 11.3 Å². The van der Waals surface area contributed by atoms with Crippen molar-refractivity contribution in [3.05, 3.63) is 0 Å². The molecular formula is C13H23N3O2. The van der Waals surface area contributed by atoms with E-state index in [1.165, 1.54) is 0 Å². The molecular weight excluding hydrogens is 230 g/mol. The standard InChI is InChI=1S/C13H23N3O2/c1-9-6-13(7-9,8-14)12(18)15-5-4-11(17)16-10-2-3-10/h9-10H,2-8,14H2,1H3,(H,15,18)(H,16,17). The maximum absolute atomic E-state index is 12.0. The number of nitrogens with two attached hydrogens (primary N) is 1. The molecule has 5 heteroatoms. The summed E-state index contributed by atoms with van der Waals surface area (Å²) in [5.74, 6) is 0.626. The van der Waals surface area contributed by atoms with E-state index in [0.29, 0.717) is 31.5 Å². The fraction of sp³-hybridized carbons (Fsp3) is 0.846. The first-order valence-corrected chi connectivity index (χ1v) is 6.83. The lowest BCUT2D eigenvalue weighted by Gasteiger charge is -2.44. The predicted octanol–water partition coefficient (Wildman–Crippen LogP) is 0.146. The van der Waals surface area contributed by atoms with Gasteiger partial charge in [-0.1, -0.05) is 6.92 Å². The van der Waals surface area contributed by atoms with Gasteiger partial charge in [-0.2, -0.15) is 0 Å². The van der Waals surface area contributed by atoms with E-state index >= 15 is 0 Å². The van der Waals surface area contributed by atoms with E-state index in [-0.39, 0.29) is 17.2 Å². The van der Waals surface area contributed by atoms with E-state index in [1.807, 2.05) is 0 Å². The van der Waals surface area contributed by atoms with Crippen LogP contribution in [0.1, 0.15) is 39.0 Å². The number of carbonyl (C=O) groups excluding carboxylic acids is 2. The van der Waals surface area contributed by atoms with Crippen LogP contribution in [0.15, 0.2) is 0 Å². The maximum Gasteiger partial charge on any atom is 0.227 e. The Labute approximate surface area is 108 Å². The van der Waals surface area contributed by atoms with Crippen molar-refractivity contribution in [3.63, 3.8) is 0 Å². The number of rotatable bonds is 6. The molecule has 18 heavy (non-hydrogen) atoms. The molecule has 2 rings (SSSR count). The molecule has 0 aliphatic heterocycles. The Balaban J connectivity index is 1.66. The molecule has 0 aromatic heterocycles. The van der Waals surface area contributed by atoms with Gasteiger partial charge in [-0.05, 0) is 31.6 Å². The highest BCUT2D eigenvalue weighted by atomic mass is 16.2. The second-order valence-electron chi connectivity index (χ2n) is 5.85. The monoisotopic (exact) mass is 253 g/mol. The molecule has 2 aliphatic carbocycles. The number of hydrogen-bond donors (Lipinski definition) is 3. The average Bonchev–Trinajstić information content (AvgIpc) is 3.08. The predicted molar refractivity (Wildman–Crippen MR) is 68.7 cm³/mol. The average molecular weight is 253 g/mol. The molecule has 0 unspecified atom stereocenters. The zero-order chi connectivity index (χ0) is 13.2. The molecule has 5 nitrogen and oxygen atoms in total. The van der Waals surface area contributed by atoms with Gasteiger partial charge in [-0.15, -0.1) is 0 Å². The Morgan fingerprint density at radius 1 is 1.33 bits per heavy atom. The van der Waals surface area contributed by atoms with Gasteiger partial charge >= 0.3 is 0 Å². The van der Waals surface area contributed by atoms with E-state index < -0.39 is 0 Å². The first-order valence-electron chi connectivity index (χ1n) is 6.83. The lowest BCUT2D eigenvalue weighted by Crippen LogP contribution is -2.53. The van der Waals surface area contributed by atoms with Crippen LogP contribution in [0.2, 0.25) is 0 Å². The third-order valence-electron chi connectivity index (χ3n) is 3.93. The molecule has 2 saturated carbocycles. The fourth-order valence-corrected chi connectivity index (χ4v) is 2.72. The van der Waals surface area contributed by atoms with Gasteiger partial charge in [0.25, 0.3) is 0 Å². The van der Waals surface area contributed by atoms with Gasteiger partial charge < -0.3 is 16.4 Å². The molecule has 0 aromatic carbocycles. The largest absolute Gasteiger partial charge is 0.355 e. The van der Waals surface area contributed by atoms with Crippen molar-refractivity contribution in [1.82, 2.24) is 10.6 Å². The highest BCUT2D eigenvalue weighted by Gasteiger charge is 2.46. The van der Waals surface area contributed by atoms with Crippen LogP contribution in [0.4, 0.5) is 0 Å². The van der Waals surface area contributed by atoms with Crippen molar-refractivity contribution in [2.75, 3.05) is 13.1 Å². The summed E-state index contributed by atoms with van der Waals surface area (Å²) < 4.78 is 0. The van der Waals surface area contributed by atoms with Gasteiger partial charge in [0.05, 0.1) is 5.41 Å². The van der Waals surface area contributed by atoms with Gasteiger partial charge in [-0.3, -0.25) is 9.59 Å². The summed E-state index contributed by atoms with van der Waals surface area (Å²) in [6, 6.07) is 0.385. The summed E-state index contributed by atoms with van der Waals surface area (Å²) in [6.45, 7) is 2.94. The van der Waals surface area contributed by atoms with E-state index in [2.05, 4.69) is 17.6 Å². The van der Waals surface area contributed by atoms with Crippen LogP contribution in [0.25, 0.3) is 0 Å². The third kappa shape index (κ3) is 3.02. The van der Waals surface area contributed by atoms with Crippen LogP contribution in [0.5, 0.6) is 0 Å². The Hall–Kier alpha value is -1.10. The second kappa shape index (κ2) is 5.26. The summed E-state index contributed by atoms with van der Waals surface area (Å²) in [6.07, 6.45) is 4.27. The lowest BCUT2D eigenvalue weighted by molar-refractivity contribution is -0.138. The van der Waals surface area contributed by atoms with E-state index in [1.54, 1.807) is 0 Å². The molecule has 0 atom stereocenters. The van der Waals surface area contributed by atoms with Crippen molar-refractivity contribution in [1.29, 1.82) is 0 Å². The molecule has 2 aliphatic rings. The van der Waals surface area contributed by atoms with E-state index in [9.17, 15) is 9.59 Å². The van der Waals surface area contributed by atoms with E-state index in [0.717, 1.165) is 25.7 Å². The van der Waals surface area contributed by atoms with Gasteiger partial charge in [-0.25, -0.2) is 0 Å². The molecule has 0 saturated heterocycles. The van der Waals surface area contributed by atoms with Crippen molar-refractivity contribution >= 4 is 11.8 Å². The molecule has 0 aromatic rings. The summed E-state index contributed by atoms with van der Waals surface area (Å²) in [5.41, 5.74) is 5.33. The lowest BCUT2D eigenvalue weighted by atomic mass is 9.62. The SMILES string of the molecule is CC1CC(CN)(C(=O)NCCC(=O)NC2CC2)C1. The molecule has 0 spiro atoms. The minimum absolute atomic E-state index is 0.0160. The normalized spacial score (nSPS) is 30.4. The first-order chi connectivity index (χ1) is 8.55. The number of carbonyl (C=O) groups is 2. The minimum atomic E-state index is -0.369. The van der Waals surface area contributed by atoms with Crippen molar-refractivity contribution in [3.8, 4) is 0 Å². The molecule has 2 amide bonds. The Morgan fingerprint density at radius 3 is 2.50 bits per heavy atom. The maximum atomic E-state index is 12.0. The zero-order valence-electron chi connectivity index (χ0n) is 11.0. The minimum Gasteiger partial charge on any atom is -0.355 e. The number of hydrogen-bond acceptors (Lipinski definition) is 3. The third-order valence-corrected chi connectivity index (χ3v) is 3.93. The van der Waals surface area contributed by atoms with E-state index in [4.69, 9.17) is 5.73 Å². The summed E-state index contributed by atoms with van der Waals surface area (Å²) in [5, 5.41) is 5.74. The number of amides is 2. The Bertz CT molecular complexity index is 333. The van der Waals surface area contributed by atoms with Crippen molar-refractivity contribution < 1.29 is 9.59 Å². The highest BCUT2D eigenvalue weighted by molar-refractivity contribution is 5.84. The van der Waals surface area contributed by atoms with Gasteiger partial charge in [0.2, 0.25) is 11.8 Å². The van der Waals surface area contributed by atoms with Gasteiger partial charge in [0.1, 0.15) is 0 Å². The summed E-state index contributed by atoms with van der Waals surface area (Å²) in [4.78, 5) is 23.5. The molecule has 0 bridgehead atoms. The second-order valence-corrected chi connectivity index (χ2v) is 5.85. The topological polar surface area (TPSA) is 84.2 Å². The summed E-state index contributed by atoms with van der Waals surface area (Å²) in [7, 11) is 0. The molecule has 0 heterocycles. The summed E-state index contributed by atoms with van der Waals surface area (Å²) >= 11 is 0. The first kappa shape index (κ1) is 13.3. The van der Waals surface area contributed by atoms with Gasteiger partial charge in [0.15, 0.2) is 0 Å². The van der Waals surface area contributed by atoms with Crippen molar-refractivity contribution in [2.45, 2.75) is 45.1 Å². The Kier molecular flexibility index (Phi) is 3.90. The Morgan fingerprint density at radius 2 is 2.00 bits per heavy atom. The van der Waals surface area contributed by atoms with Crippen LogP contribution in [-0.4, -0.2) is 30.9 Å². The molecule has 102 valence electrons. The number of nitrogens with one attached hydrogen (secondary N) is 2. The smallest absolute Gasteiger partial charge is 0.227 e. The molecule has 2 fully saturated rings. The van der Waals surface area contributed by atoms with Crippen LogP contribution in [-0.2, 0) is 9.59 Å². The van der Waals surface area contributed by atoms with Gasteiger partial charge in [0, 0.05) is 25.6 Å². The quantitative estimate of drug-likeness (QED) is 0.630. The van der Waals surface area contributed by atoms with Crippen molar-refractivity contribution in [2.24, 2.45) is 17.1 Å². The molecule has 4 N–H and O–H groups in total. The fourth-order valence-electron chi connectivity index (χ4n) is 2.72. The van der Waals surface area contributed by atoms with Crippen LogP contribution >= 0.6 is 0 Å². The van der Waals surface area contributed by atoms with Crippen LogP contribution in [0.3, 0.4) is 0 Å².